The fourth-order valence-corrected chi connectivity index (χ4v) is 4.79. The number of rotatable bonds is 5. The molecule has 0 aromatic carbocycles. The summed E-state index contributed by atoms with van der Waals surface area (Å²) in [4.78, 5) is 44.5. The Balaban J connectivity index is 2.11. The molecule has 178 valence electrons. The highest BCUT2D eigenvalue weighted by atomic mass is 32.1. The molecule has 3 heterocycles. The van der Waals surface area contributed by atoms with Crippen LogP contribution in [0.5, 0.6) is 0 Å². The number of nitrogens with zero attached hydrogens (tertiary/aromatic N) is 4. The van der Waals surface area contributed by atoms with Crippen molar-refractivity contribution in [3.8, 4) is 0 Å². The molecule has 1 aliphatic heterocycles. The van der Waals surface area contributed by atoms with Gasteiger partial charge in [-0.05, 0) is 71.3 Å². The molecule has 0 atom stereocenters. The summed E-state index contributed by atoms with van der Waals surface area (Å²) in [7, 11) is 3.36. The van der Waals surface area contributed by atoms with Crippen molar-refractivity contribution in [3.63, 3.8) is 0 Å². The predicted molar refractivity (Wildman–Crippen MR) is 124 cm³/mol. The lowest BCUT2D eigenvalue weighted by Crippen LogP contribution is -2.34. The average Bonchev–Trinajstić information content (AvgIpc) is 3.17. The summed E-state index contributed by atoms with van der Waals surface area (Å²) in [5.41, 5.74) is -0.224. The molecule has 2 aromatic rings. The quantitative estimate of drug-likeness (QED) is 0.346. The molecule has 11 heteroatoms. The highest BCUT2D eigenvalue weighted by molar-refractivity contribution is 7.18. The lowest BCUT2D eigenvalue weighted by molar-refractivity contribution is -0.384. The Morgan fingerprint density at radius 1 is 1.27 bits per heavy atom. The number of carbonyl (C=O) groups excluding carboxylic acids is 2. The minimum atomic E-state index is -0.810. The number of piperidine rings is 1. The molecule has 0 unspecified atom stereocenters. The van der Waals surface area contributed by atoms with Crippen molar-refractivity contribution in [2.45, 2.75) is 45.1 Å². The zero-order chi connectivity index (χ0) is 24.3. The Hall–Kier alpha value is -3.05. The Morgan fingerprint density at radius 2 is 1.94 bits per heavy atom. The van der Waals surface area contributed by atoms with Crippen LogP contribution in [-0.2, 0) is 9.47 Å². The van der Waals surface area contributed by atoms with E-state index in [1.807, 2.05) is 0 Å². The first-order valence-electron chi connectivity index (χ1n) is 10.5. The van der Waals surface area contributed by atoms with Crippen LogP contribution in [0, 0.1) is 10.1 Å². The number of ether oxygens (including phenoxy) is 2. The van der Waals surface area contributed by atoms with E-state index in [0.717, 1.165) is 42.8 Å². The molecule has 0 saturated carbocycles. The van der Waals surface area contributed by atoms with Gasteiger partial charge in [-0.3, -0.25) is 10.1 Å². The first-order valence-corrected chi connectivity index (χ1v) is 11.4. The lowest BCUT2D eigenvalue weighted by atomic mass is 9.90. The van der Waals surface area contributed by atoms with E-state index < -0.39 is 22.6 Å². The summed E-state index contributed by atoms with van der Waals surface area (Å²) in [6.45, 7) is 6.95. The summed E-state index contributed by atoms with van der Waals surface area (Å²) < 4.78 is 10.6. The second-order valence-electron chi connectivity index (χ2n) is 8.88. The number of carbonyl (C=O) groups is 2. The van der Waals surface area contributed by atoms with Gasteiger partial charge in [0.25, 0.3) is 5.69 Å². The first-order chi connectivity index (χ1) is 15.5. The van der Waals surface area contributed by atoms with E-state index in [9.17, 15) is 19.7 Å². The van der Waals surface area contributed by atoms with E-state index in [-0.39, 0.29) is 17.4 Å². The number of thiophene rings is 1. The van der Waals surface area contributed by atoms with Crippen LogP contribution in [0.4, 0.5) is 21.3 Å². The topological polar surface area (TPSA) is 115 Å². The van der Waals surface area contributed by atoms with Crippen LogP contribution in [0.3, 0.4) is 0 Å². The Bertz CT molecular complexity index is 1040. The first kappa shape index (κ1) is 24.6. The van der Waals surface area contributed by atoms with E-state index in [1.54, 1.807) is 26.8 Å². The minimum absolute atomic E-state index is 0.0334. The van der Waals surface area contributed by atoms with Gasteiger partial charge < -0.3 is 14.4 Å². The largest absolute Gasteiger partial charge is 0.465 e. The van der Waals surface area contributed by atoms with Gasteiger partial charge in [-0.1, -0.05) is 0 Å². The molecule has 0 radical (unpaired) electrons. The van der Waals surface area contributed by atoms with Crippen LogP contribution in [0.1, 0.15) is 54.8 Å². The molecule has 0 spiro atoms. The van der Waals surface area contributed by atoms with E-state index in [0.29, 0.717) is 9.88 Å². The Labute approximate surface area is 196 Å². The number of nitro groups is 1. The van der Waals surface area contributed by atoms with Gasteiger partial charge in [0, 0.05) is 12.3 Å². The Morgan fingerprint density at radius 3 is 2.52 bits per heavy atom. The summed E-state index contributed by atoms with van der Waals surface area (Å²) in [6.07, 6.45) is 2.23. The van der Waals surface area contributed by atoms with Gasteiger partial charge in [0.1, 0.15) is 21.3 Å². The van der Waals surface area contributed by atoms with Crippen LogP contribution in [0.2, 0.25) is 0 Å². The third-order valence-electron chi connectivity index (χ3n) is 5.24. The van der Waals surface area contributed by atoms with Crippen LogP contribution >= 0.6 is 11.3 Å². The van der Waals surface area contributed by atoms with Crippen molar-refractivity contribution in [1.29, 1.82) is 0 Å². The van der Waals surface area contributed by atoms with Gasteiger partial charge in [-0.15, -0.1) is 11.3 Å². The third-order valence-corrected chi connectivity index (χ3v) is 6.36. The maximum absolute atomic E-state index is 13.2. The highest BCUT2D eigenvalue weighted by Gasteiger charge is 2.32. The van der Waals surface area contributed by atoms with Crippen LogP contribution < -0.4 is 4.90 Å². The van der Waals surface area contributed by atoms with Gasteiger partial charge in [-0.2, -0.15) is 0 Å². The number of aromatic nitrogens is 1. The van der Waals surface area contributed by atoms with Crippen molar-refractivity contribution >= 4 is 39.9 Å². The molecule has 1 amide bonds. The van der Waals surface area contributed by atoms with Crippen LogP contribution in [0.25, 0.3) is 0 Å². The van der Waals surface area contributed by atoms with Crippen molar-refractivity contribution in [2.75, 3.05) is 32.1 Å². The lowest BCUT2D eigenvalue weighted by Gasteiger charge is -2.29. The van der Waals surface area contributed by atoms with Gasteiger partial charge in [0.2, 0.25) is 0 Å². The highest BCUT2D eigenvalue weighted by Crippen LogP contribution is 2.41. The minimum Gasteiger partial charge on any atom is -0.465 e. The second kappa shape index (κ2) is 9.84. The molecular weight excluding hydrogens is 448 g/mol. The zero-order valence-electron chi connectivity index (χ0n) is 19.4. The molecule has 1 aliphatic rings. The molecule has 2 aromatic heterocycles. The molecule has 1 fully saturated rings. The number of anilines is 2. The predicted octanol–water partition coefficient (Wildman–Crippen LogP) is 4.72. The van der Waals surface area contributed by atoms with Crippen molar-refractivity contribution < 1.29 is 24.0 Å². The molecule has 33 heavy (non-hydrogen) atoms. The number of likely N-dealkylation sites (tertiary alicyclic amines) is 1. The van der Waals surface area contributed by atoms with Crippen molar-refractivity contribution in [2.24, 2.45) is 0 Å². The van der Waals surface area contributed by atoms with E-state index in [1.165, 1.54) is 30.3 Å². The molecule has 10 nitrogen and oxygen atoms in total. The second-order valence-corrected chi connectivity index (χ2v) is 9.91. The maximum Gasteiger partial charge on any atom is 0.421 e. The van der Waals surface area contributed by atoms with Gasteiger partial charge in [0.15, 0.2) is 0 Å². The summed E-state index contributed by atoms with van der Waals surface area (Å²) in [5.74, 6) is -0.332. The standard InChI is InChI=1S/C22H28N4O6S/c1-22(2,3)32-21(28)25(17-12-15(26(29)30)6-9-23-17)18-13-16(19(33-18)20(27)31-5)14-7-10-24(4)11-8-14/h6,9,12-14H,7-8,10-11H2,1-5H3. The number of esters is 1. The molecule has 0 bridgehead atoms. The smallest absolute Gasteiger partial charge is 0.421 e. The van der Waals surface area contributed by atoms with Crippen LogP contribution in [0.15, 0.2) is 24.4 Å². The summed E-state index contributed by atoms with van der Waals surface area (Å²) in [5, 5.41) is 11.7. The fourth-order valence-electron chi connectivity index (χ4n) is 3.62. The number of hydrogen-bond acceptors (Lipinski definition) is 9. The summed E-state index contributed by atoms with van der Waals surface area (Å²) in [6, 6.07) is 4.23. The molecule has 1 saturated heterocycles. The molecule has 3 rings (SSSR count). The SMILES string of the molecule is COC(=O)c1sc(N(C(=O)OC(C)(C)C)c2cc([N+](=O)[O-])ccn2)cc1C1CCN(C)CC1. The van der Waals surface area contributed by atoms with Gasteiger partial charge in [0.05, 0.1) is 18.1 Å². The van der Waals surface area contributed by atoms with E-state index in [4.69, 9.17) is 9.47 Å². The third kappa shape index (κ3) is 5.85. The van der Waals surface area contributed by atoms with Crippen LogP contribution in [-0.4, -0.2) is 59.7 Å². The molecule has 0 N–H and O–H groups in total. The van der Waals surface area contributed by atoms with E-state index >= 15 is 0 Å². The fraction of sp³-hybridized carbons (Fsp3) is 0.500. The number of hydrogen-bond donors (Lipinski definition) is 0. The number of amides is 1. The normalized spacial score (nSPS) is 15.2. The van der Waals surface area contributed by atoms with E-state index in [2.05, 4.69) is 16.9 Å². The van der Waals surface area contributed by atoms with Crippen molar-refractivity contribution in [1.82, 2.24) is 9.88 Å². The van der Waals surface area contributed by atoms with Crippen molar-refractivity contribution in [3.05, 3.63) is 45.0 Å². The Kier molecular flexibility index (Phi) is 7.33. The zero-order valence-corrected chi connectivity index (χ0v) is 20.2. The summed E-state index contributed by atoms with van der Waals surface area (Å²) >= 11 is 1.09. The monoisotopic (exact) mass is 476 g/mol. The maximum atomic E-state index is 13.2. The number of methoxy groups -OCH3 is 1. The molecule has 0 aliphatic carbocycles. The number of pyridine rings is 1. The van der Waals surface area contributed by atoms with Gasteiger partial charge >= 0.3 is 12.1 Å². The van der Waals surface area contributed by atoms with Gasteiger partial charge in [-0.25, -0.2) is 19.5 Å². The average molecular weight is 477 g/mol. The molecular formula is C22H28N4O6S.